The van der Waals surface area contributed by atoms with E-state index in [4.69, 9.17) is 0 Å². The van der Waals surface area contributed by atoms with Crippen LogP contribution in [-0.4, -0.2) is 49.7 Å². The number of piperidine rings is 2. The second-order valence-corrected chi connectivity index (χ2v) is 9.27. The summed E-state index contributed by atoms with van der Waals surface area (Å²) in [4.78, 5) is 15.1. The van der Waals surface area contributed by atoms with Crippen molar-refractivity contribution in [3.8, 4) is 0 Å². The summed E-state index contributed by atoms with van der Waals surface area (Å²) in [6.45, 7) is 5.57. The molecule has 5 nitrogen and oxygen atoms in total. The Morgan fingerprint density at radius 2 is 1.88 bits per heavy atom. The third-order valence-corrected chi connectivity index (χ3v) is 6.77. The first kappa shape index (κ1) is 22.7. The van der Waals surface area contributed by atoms with Crippen LogP contribution in [0.4, 0.5) is 9.18 Å². The van der Waals surface area contributed by atoms with Gasteiger partial charge in [-0.2, -0.15) is 0 Å². The molecule has 2 aromatic carbocycles. The topological polar surface area (TPSA) is 56.4 Å². The van der Waals surface area contributed by atoms with E-state index >= 15 is 0 Å². The molecule has 0 unspecified atom stereocenters. The van der Waals surface area contributed by atoms with Gasteiger partial charge in [0.2, 0.25) is 0 Å². The highest BCUT2D eigenvalue weighted by Crippen LogP contribution is 2.24. The maximum atomic E-state index is 13.2. The Morgan fingerprint density at radius 3 is 2.69 bits per heavy atom. The maximum Gasteiger partial charge on any atom is 0.315 e. The van der Waals surface area contributed by atoms with Gasteiger partial charge in [-0.1, -0.05) is 42.5 Å². The summed E-state index contributed by atoms with van der Waals surface area (Å²) < 4.78 is 13.2. The Morgan fingerprint density at radius 1 is 1.06 bits per heavy atom. The third-order valence-electron chi connectivity index (χ3n) is 6.77. The van der Waals surface area contributed by atoms with Crippen molar-refractivity contribution in [2.45, 2.75) is 38.3 Å². The number of hydrogen-bond donors (Lipinski definition) is 3. The van der Waals surface area contributed by atoms with Gasteiger partial charge in [0, 0.05) is 32.2 Å². The molecule has 2 aromatic rings. The maximum absolute atomic E-state index is 13.2. The molecule has 0 bridgehead atoms. The average Bonchev–Trinajstić information content (AvgIpc) is 2.81. The van der Waals surface area contributed by atoms with Crippen LogP contribution in [-0.2, 0) is 13.0 Å². The summed E-state index contributed by atoms with van der Waals surface area (Å²) in [5.41, 5.74) is 2.32. The molecule has 6 heteroatoms. The van der Waals surface area contributed by atoms with Gasteiger partial charge in [0.15, 0.2) is 0 Å². The van der Waals surface area contributed by atoms with Crippen LogP contribution in [0.2, 0.25) is 0 Å². The number of amides is 2. The normalized spacial score (nSPS) is 24.1. The predicted molar refractivity (Wildman–Crippen MR) is 126 cm³/mol. The molecule has 0 spiro atoms. The predicted octanol–water partition coefficient (Wildman–Crippen LogP) is 3.56. The summed E-state index contributed by atoms with van der Waals surface area (Å²) >= 11 is 0. The van der Waals surface area contributed by atoms with Gasteiger partial charge < -0.3 is 20.9 Å². The Labute approximate surface area is 190 Å². The van der Waals surface area contributed by atoms with Crippen molar-refractivity contribution >= 4 is 6.03 Å². The number of urea groups is 1. The second kappa shape index (κ2) is 11.4. The van der Waals surface area contributed by atoms with Gasteiger partial charge in [-0.15, -0.1) is 0 Å². The largest absolute Gasteiger partial charge is 0.334 e. The van der Waals surface area contributed by atoms with Crippen LogP contribution >= 0.6 is 0 Å². The fourth-order valence-corrected chi connectivity index (χ4v) is 5.07. The van der Waals surface area contributed by atoms with Crippen LogP contribution < -0.4 is 16.0 Å². The molecule has 0 aliphatic carbocycles. The third kappa shape index (κ3) is 6.78. The van der Waals surface area contributed by atoms with Crippen molar-refractivity contribution in [3.63, 3.8) is 0 Å². The number of halogens is 1. The van der Waals surface area contributed by atoms with Crippen molar-refractivity contribution < 1.29 is 9.18 Å². The molecule has 2 fully saturated rings. The summed E-state index contributed by atoms with van der Waals surface area (Å²) in [6.07, 6.45) is 4.51. The fraction of sp³-hybridized carbons (Fsp3) is 0.500. The zero-order valence-electron chi connectivity index (χ0n) is 18.7. The first-order chi connectivity index (χ1) is 15.7. The molecule has 3 atom stereocenters. The number of nitrogens with one attached hydrogen (secondary N) is 3. The molecular weight excluding hydrogens is 403 g/mol. The summed E-state index contributed by atoms with van der Waals surface area (Å²) in [7, 11) is 0. The van der Waals surface area contributed by atoms with Crippen molar-refractivity contribution in [1.29, 1.82) is 0 Å². The minimum atomic E-state index is -0.170. The number of likely N-dealkylation sites (tertiary alicyclic amines) is 1. The van der Waals surface area contributed by atoms with E-state index in [0.717, 1.165) is 51.1 Å². The van der Waals surface area contributed by atoms with E-state index in [1.807, 2.05) is 42.5 Å². The van der Waals surface area contributed by atoms with Crippen LogP contribution in [0.3, 0.4) is 0 Å². The lowest BCUT2D eigenvalue weighted by atomic mass is 9.88. The van der Waals surface area contributed by atoms with Crippen molar-refractivity contribution in [2.75, 3.05) is 32.7 Å². The fourth-order valence-electron chi connectivity index (χ4n) is 5.07. The molecule has 2 aliphatic heterocycles. The Bertz CT molecular complexity index is 845. The van der Waals surface area contributed by atoms with Crippen molar-refractivity contribution in [3.05, 3.63) is 71.5 Å². The van der Waals surface area contributed by atoms with E-state index in [-0.39, 0.29) is 17.9 Å². The molecule has 0 aromatic heterocycles. The molecule has 4 rings (SSSR count). The number of nitrogens with zero attached hydrogens (tertiary/aromatic N) is 1. The highest BCUT2D eigenvalue weighted by Gasteiger charge is 2.30. The van der Waals surface area contributed by atoms with Gasteiger partial charge in [0.25, 0.3) is 0 Å². The highest BCUT2D eigenvalue weighted by molar-refractivity contribution is 5.74. The smallest absolute Gasteiger partial charge is 0.315 e. The number of benzene rings is 2. The SMILES string of the molecule is O=C(NCc1ccccc1)N[C@H]1CNCC[C@H]1CN1CCC[C@@H](Cc2ccc(F)cc2)C1. The summed E-state index contributed by atoms with van der Waals surface area (Å²) in [5, 5.41) is 9.64. The van der Waals surface area contributed by atoms with Crippen molar-refractivity contribution in [1.82, 2.24) is 20.9 Å². The zero-order valence-corrected chi connectivity index (χ0v) is 18.7. The Hall–Kier alpha value is -2.44. The quantitative estimate of drug-likeness (QED) is 0.620. The van der Waals surface area contributed by atoms with Crippen LogP contribution in [0.25, 0.3) is 0 Å². The average molecular weight is 439 g/mol. The second-order valence-electron chi connectivity index (χ2n) is 9.27. The molecule has 32 heavy (non-hydrogen) atoms. The zero-order chi connectivity index (χ0) is 22.2. The van der Waals surface area contributed by atoms with Gasteiger partial charge in [-0.25, -0.2) is 9.18 Å². The lowest BCUT2D eigenvalue weighted by molar-refractivity contribution is 0.126. The van der Waals surface area contributed by atoms with E-state index in [1.54, 1.807) is 12.1 Å². The number of hydrogen-bond acceptors (Lipinski definition) is 3. The first-order valence-electron chi connectivity index (χ1n) is 11.9. The number of carbonyl (C=O) groups excluding carboxylic acids is 1. The van der Waals surface area contributed by atoms with Gasteiger partial charge in [-0.3, -0.25) is 0 Å². The van der Waals surface area contributed by atoms with Gasteiger partial charge in [-0.05, 0) is 73.9 Å². The highest BCUT2D eigenvalue weighted by atomic mass is 19.1. The van der Waals surface area contributed by atoms with E-state index in [9.17, 15) is 9.18 Å². The number of rotatable bonds is 7. The van der Waals surface area contributed by atoms with E-state index in [0.29, 0.717) is 18.4 Å². The van der Waals surface area contributed by atoms with Gasteiger partial charge in [0.1, 0.15) is 5.82 Å². The molecule has 0 saturated carbocycles. The standard InChI is InChI=1S/C26H35FN4O/c27-24-10-8-20(9-11-24)15-22-7-4-14-31(18-22)19-23-12-13-28-17-25(23)30-26(32)29-16-21-5-2-1-3-6-21/h1-3,5-6,8-11,22-23,25,28H,4,7,12-19H2,(H2,29,30,32)/t22-,23-,25-/m0/s1. The molecule has 2 saturated heterocycles. The molecule has 0 radical (unpaired) electrons. The summed E-state index contributed by atoms with van der Waals surface area (Å²) in [6, 6.07) is 17.0. The minimum Gasteiger partial charge on any atom is -0.334 e. The van der Waals surface area contributed by atoms with Crippen molar-refractivity contribution in [2.24, 2.45) is 11.8 Å². The van der Waals surface area contributed by atoms with Gasteiger partial charge in [0.05, 0.1) is 0 Å². The lowest BCUT2D eigenvalue weighted by Crippen LogP contribution is -2.56. The molecule has 2 amide bonds. The van der Waals surface area contributed by atoms with Crippen LogP contribution in [0, 0.1) is 17.7 Å². The molecule has 172 valence electrons. The van der Waals surface area contributed by atoms with Crippen LogP contribution in [0.15, 0.2) is 54.6 Å². The number of carbonyl (C=O) groups is 1. The molecule has 2 heterocycles. The monoisotopic (exact) mass is 438 g/mol. The van der Waals surface area contributed by atoms with Gasteiger partial charge >= 0.3 is 6.03 Å². The lowest BCUT2D eigenvalue weighted by Gasteiger charge is -2.39. The van der Waals surface area contributed by atoms with E-state index in [1.165, 1.54) is 18.4 Å². The molecule has 3 N–H and O–H groups in total. The van der Waals surface area contributed by atoms with Crippen LogP contribution in [0.5, 0.6) is 0 Å². The first-order valence-corrected chi connectivity index (χ1v) is 11.9. The summed E-state index contributed by atoms with van der Waals surface area (Å²) in [5.74, 6) is 0.885. The Kier molecular flexibility index (Phi) is 8.13. The van der Waals surface area contributed by atoms with E-state index in [2.05, 4.69) is 20.9 Å². The Balaban J connectivity index is 1.26. The minimum absolute atomic E-state index is 0.0969. The molecule has 2 aliphatic rings. The van der Waals surface area contributed by atoms with Crippen LogP contribution in [0.1, 0.15) is 30.4 Å². The molecular formula is C26H35FN4O. The van der Waals surface area contributed by atoms with E-state index < -0.39 is 0 Å².